The molecule has 10 heteroatoms. The van der Waals surface area contributed by atoms with E-state index in [-0.39, 0.29) is 47.8 Å². The highest BCUT2D eigenvalue weighted by atomic mass is 19.1. The Bertz CT molecular complexity index is 1790. The molecule has 39 heavy (non-hydrogen) atoms. The number of Topliss-reactive ketones (excluding diaryl/α,β-unsaturated/α-hetero) is 1. The Morgan fingerprint density at radius 3 is 2.67 bits per heavy atom. The Morgan fingerprint density at radius 1 is 1.05 bits per heavy atom. The number of ketones is 1. The lowest BCUT2D eigenvalue weighted by atomic mass is 9.84. The van der Waals surface area contributed by atoms with Crippen molar-refractivity contribution in [3.63, 3.8) is 0 Å². The minimum atomic E-state index is -1.00. The number of aryl methyl sites for hydroxylation is 1. The molecular formula is C29H24FN7O2. The molecule has 0 bridgehead atoms. The van der Waals surface area contributed by atoms with Crippen molar-refractivity contribution in [2.45, 2.75) is 39.2 Å². The van der Waals surface area contributed by atoms with Crippen LogP contribution in [0.4, 0.5) is 10.2 Å². The fourth-order valence-electron chi connectivity index (χ4n) is 4.84. The fourth-order valence-corrected chi connectivity index (χ4v) is 4.84. The molecule has 0 unspecified atom stereocenters. The summed E-state index contributed by atoms with van der Waals surface area (Å²) in [7, 11) is 0. The molecule has 0 aliphatic carbocycles. The number of pyridine rings is 2. The van der Waals surface area contributed by atoms with Crippen LogP contribution in [0.2, 0.25) is 0 Å². The third-order valence-corrected chi connectivity index (χ3v) is 7.09. The van der Waals surface area contributed by atoms with Crippen LogP contribution in [-0.4, -0.2) is 41.4 Å². The van der Waals surface area contributed by atoms with Crippen molar-refractivity contribution >= 4 is 28.5 Å². The first kappa shape index (κ1) is 24.5. The van der Waals surface area contributed by atoms with Gasteiger partial charge in [-0.15, -0.1) is 0 Å². The monoisotopic (exact) mass is 521 g/mol. The van der Waals surface area contributed by atoms with E-state index in [1.807, 2.05) is 19.1 Å². The summed E-state index contributed by atoms with van der Waals surface area (Å²) in [6.45, 7) is 5.54. The van der Waals surface area contributed by atoms with Gasteiger partial charge in [-0.2, -0.15) is 5.10 Å². The predicted molar refractivity (Wildman–Crippen MR) is 143 cm³/mol. The van der Waals surface area contributed by atoms with Gasteiger partial charge in [0.25, 0.3) is 0 Å². The number of carbonyl (C=O) groups excluding carboxylic acids is 2. The first-order valence-electron chi connectivity index (χ1n) is 12.5. The number of benzene rings is 1. The second kappa shape index (κ2) is 9.16. The van der Waals surface area contributed by atoms with E-state index < -0.39 is 5.41 Å². The normalized spacial score (nSPS) is 13.9. The van der Waals surface area contributed by atoms with E-state index in [2.05, 4.69) is 20.3 Å². The SMILES string of the molecule is Cc1ccncc1CC(=O)c1nc(-c2nn(Cc3ccccc3F)c3ncccc23)nc2c1C(C)(C)C(=O)N2. The van der Waals surface area contributed by atoms with Crippen LogP contribution in [0.3, 0.4) is 0 Å². The van der Waals surface area contributed by atoms with Crippen molar-refractivity contribution in [2.75, 3.05) is 5.32 Å². The zero-order valence-corrected chi connectivity index (χ0v) is 21.6. The number of amides is 1. The van der Waals surface area contributed by atoms with E-state index in [1.54, 1.807) is 61.4 Å². The number of hydrogen-bond donors (Lipinski definition) is 1. The number of carbonyl (C=O) groups is 2. The Balaban J connectivity index is 1.51. The van der Waals surface area contributed by atoms with Crippen LogP contribution in [-0.2, 0) is 23.2 Å². The van der Waals surface area contributed by atoms with Gasteiger partial charge in [-0.1, -0.05) is 18.2 Å². The van der Waals surface area contributed by atoms with E-state index in [4.69, 9.17) is 10.1 Å². The number of halogens is 1. The molecular weight excluding hydrogens is 497 g/mol. The minimum Gasteiger partial charge on any atom is -0.310 e. The first-order valence-corrected chi connectivity index (χ1v) is 12.5. The summed E-state index contributed by atoms with van der Waals surface area (Å²) in [6.07, 6.45) is 5.03. The van der Waals surface area contributed by atoms with Crippen molar-refractivity contribution in [3.8, 4) is 11.5 Å². The lowest BCUT2D eigenvalue weighted by Gasteiger charge is -2.18. The lowest BCUT2D eigenvalue weighted by molar-refractivity contribution is -0.119. The van der Waals surface area contributed by atoms with Crippen LogP contribution < -0.4 is 5.32 Å². The van der Waals surface area contributed by atoms with Crippen molar-refractivity contribution < 1.29 is 14.0 Å². The average Bonchev–Trinajstić information content (AvgIpc) is 3.40. The molecule has 0 atom stereocenters. The number of fused-ring (bicyclic) bond motifs is 2. The van der Waals surface area contributed by atoms with Gasteiger partial charge in [0.1, 0.15) is 23.0 Å². The largest absolute Gasteiger partial charge is 0.310 e. The highest BCUT2D eigenvalue weighted by Gasteiger charge is 2.44. The van der Waals surface area contributed by atoms with Gasteiger partial charge in [0.15, 0.2) is 17.3 Å². The van der Waals surface area contributed by atoms with Gasteiger partial charge in [-0.25, -0.2) is 24.0 Å². The molecule has 0 radical (unpaired) electrons. The number of nitrogens with one attached hydrogen (secondary N) is 1. The summed E-state index contributed by atoms with van der Waals surface area (Å²) in [4.78, 5) is 44.5. The highest BCUT2D eigenvalue weighted by Crippen LogP contribution is 2.40. The molecule has 194 valence electrons. The molecule has 4 aromatic heterocycles. The number of aromatic nitrogens is 6. The molecule has 1 aliphatic rings. The summed E-state index contributed by atoms with van der Waals surface area (Å²) in [6, 6.07) is 11.9. The molecule has 1 N–H and O–H groups in total. The number of nitrogens with zero attached hydrogens (tertiary/aromatic N) is 6. The van der Waals surface area contributed by atoms with Crippen molar-refractivity contribution in [1.29, 1.82) is 0 Å². The summed E-state index contributed by atoms with van der Waals surface area (Å²) < 4.78 is 16.0. The molecule has 1 aliphatic heterocycles. The maximum atomic E-state index is 14.4. The Hall–Kier alpha value is -4.86. The summed E-state index contributed by atoms with van der Waals surface area (Å²) in [5.74, 6) is -0.433. The smallest absolute Gasteiger partial charge is 0.235 e. The highest BCUT2D eigenvalue weighted by molar-refractivity contribution is 6.10. The number of rotatable bonds is 6. The van der Waals surface area contributed by atoms with Crippen LogP contribution in [0.15, 0.2) is 61.1 Å². The second-order valence-electron chi connectivity index (χ2n) is 10.1. The quantitative estimate of drug-likeness (QED) is 0.329. The van der Waals surface area contributed by atoms with Gasteiger partial charge in [-0.05, 0) is 56.2 Å². The van der Waals surface area contributed by atoms with Crippen molar-refractivity contribution in [2.24, 2.45) is 0 Å². The van der Waals surface area contributed by atoms with E-state index in [9.17, 15) is 14.0 Å². The molecule has 0 saturated heterocycles. The zero-order valence-electron chi connectivity index (χ0n) is 21.6. The molecule has 5 heterocycles. The number of hydrogen-bond acceptors (Lipinski definition) is 7. The van der Waals surface area contributed by atoms with E-state index in [0.717, 1.165) is 11.1 Å². The van der Waals surface area contributed by atoms with Gasteiger partial charge in [-0.3, -0.25) is 14.6 Å². The average molecular weight is 522 g/mol. The second-order valence-corrected chi connectivity index (χ2v) is 10.1. The Kier molecular flexibility index (Phi) is 5.75. The van der Waals surface area contributed by atoms with E-state index >= 15 is 0 Å². The van der Waals surface area contributed by atoms with Gasteiger partial charge >= 0.3 is 0 Å². The third kappa shape index (κ3) is 4.14. The zero-order chi connectivity index (χ0) is 27.3. The molecule has 5 aromatic rings. The van der Waals surface area contributed by atoms with Crippen LogP contribution in [0.25, 0.3) is 22.6 Å². The predicted octanol–water partition coefficient (Wildman–Crippen LogP) is 4.43. The van der Waals surface area contributed by atoms with E-state index in [1.165, 1.54) is 6.07 Å². The summed E-state index contributed by atoms with van der Waals surface area (Å²) in [5.41, 5.74) is 2.66. The van der Waals surface area contributed by atoms with Gasteiger partial charge < -0.3 is 5.32 Å². The number of anilines is 1. The van der Waals surface area contributed by atoms with Crippen LogP contribution in [0.5, 0.6) is 0 Å². The molecule has 9 nitrogen and oxygen atoms in total. The maximum Gasteiger partial charge on any atom is 0.235 e. The standard InChI is InChI=1S/C29H24FN7O2/c1-16-10-12-31-14-18(16)13-21(38)24-22-25(35-28(39)29(22,2)3)34-26(33-24)23-19-8-6-11-32-27(19)37(36-23)15-17-7-4-5-9-20(17)30/h4-12,14H,13,15H2,1-3H3,(H,33,34,35,39). The van der Waals surface area contributed by atoms with Gasteiger partial charge in [0, 0.05) is 36.1 Å². The minimum absolute atomic E-state index is 0.0663. The van der Waals surface area contributed by atoms with Crippen molar-refractivity contribution in [1.82, 2.24) is 29.7 Å². The molecule has 0 spiro atoms. The lowest BCUT2D eigenvalue weighted by Crippen LogP contribution is -2.29. The summed E-state index contributed by atoms with van der Waals surface area (Å²) in [5, 5.41) is 8.16. The van der Waals surface area contributed by atoms with Gasteiger partial charge in [0.05, 0.1) is 17.3 Å². The molecule has 1 amide bonds. The molecule has 1 aromatic carbocycles. The first-order chi connectivity index (χ1) is 18.7. The van der Waals surface area contributed by atoms with E-state index in [0.29, 0.717) is 27.9 Å². The molecule has 6 rings (SSSR count). The van der Waals surface area contributed by atoms with Crippen LogP contribution >= 0.6 is 0 Å². The Labute approximate surface area is 223 Å². The fraction of sp³-hybridized carbons (Fsp3) is 0.207. The Morgan fingerprint density at radius 2 is 1.87 bits per heavy atom. The third-order valence-electron chi connectivity index (χ3n) is 7.09. The van der Waals surface area contributed by atoms with Crippen LogP contribution in [0, 0.1) is 12.7 Å². The maximum absolute atomic E-state index is 14.4. The topological polar surface area (TPSA) is 116 Å². The van der Waals surface area contributed by atoms with Gasteiger partial charge in [0.2, 0.25) is 5.91 Å². The van der Waals surface area contributed by atoms with Crippen molar-refractivity contribution in [3.05, 3.63) is 94.8 Å². The molecule has 0 saturated carbocycles. The summed E-state index contributed by atoms with van der Waals surface area (Å²) >= 11 is 0. The van der Waals surface area contributed by atoms with Crippen LogP contribution in [0.1, 0.15) is 46.6 Å². The molecule has 0 fully saturated rings.